The van der Waals surface area contributed by atoms with Crippen LogP contribution in [0.1, 0.15) is 50.2 Å². The van der Waals surface area contributed by atoms with Crippen LogP contribution in [0, 0.1) is 17.8 Å². The number of allylic oxidation sites excluding steroid dienone is 2. The van der Waals surface area contributed by atoms with Gasteiger partial charge in [-0.1, -0.05) is 29.9 Å². The molecule has 1 aromatic rings. The molecule has 0 bridgehead atoms. The lowest BCUT2D eigenvalue weighted by Crippen LogP contribution is -2.17. The third kappa shape index (κ3) is 4.49. The van der Waals surface area contributed by atoms with E-state index in [1.54, 1.807) is 18.2 Å². The molecule has 3 N–H and O–H groups in total. The number of carbonyl (C=O) groups is 1. The van der Waals surface area contributed by atoms with Gasteiger partial charge in [-0.15, -0.1) is 0 Å². The predicted octanol–water partition coefficient (Wildman–Crippen LogP) is 3.59. The van der Waals surface area contributed by atoms with Crippen LogP contribution in [0.25, 0.3) is 0 Å². The molecule has 6 heteroatoms. The summed E-state index contributed by atoms with van der Waals surface area (Å²) in [5.41, 5.74) is 2.12. The van der Waals surface area contributed by atoms with Gasteiger partial charge in [0, 0.05) is 12.3 Å². The molecule has 0 amide bonds. The highest BCUT2D eigenvalue weighted by Crippen LogP contribution is 2.50. The zero-order chi connectivity index (χ0) is 20.4. The number of aliphatic hydroxyl groups is 2. The molecule has 3 aliphatic rings. The molecule has 0 spiro atoms. The monoisotopic (exact) mass is 400 g/mol. The normalized spacial score (nSPS) is 30.2. The van der Waals surface area contributed by atoms with Gasteiger partial charge in [-0.25, -0.2) is 0 Å². The molecule has 29 heavy (non-hydrogen) atoms. The quantitative estimate of drug-likeness (QED) is 0.478. The van der Waals surface area contributed by atoms with E-state index in [0.717, 1.165) is 31.2 Å². The molecule has 2 fully saturated rings. The van der Waals surface area contributed by atoms with Gasteiger partial charge in [0.05, 0.1) is 12.2 Å². The fourth-order valence-electron chi connectivity index (χ4n) is 4.94. The van der Waals surface area contributed by atoms with Gasteiger partial charge in [0.1, 0.15) is 0 Å². The number of hydrogen-bond donors (Lipinski definition) is 3. The number of hydrogen-bond acceptors (Lipinski definition) is 5. The van der Waals surface area contributed by atoms with Gasteiger partial charge in [0.15, 0.2) is 11.5 Å². The van der Waals surface area contributed by atoms with Crippen molar-refractivity contribution >= 4 is 5.97 Å². The molecule has 0 radical (unpaired) electrons. The average Bonchev–Trinajstić information content (AvgIpc) is 3.37. The summed E-state index contributed by atoms with van der Waals surface area (Å²) < 4.78 is 10.7. The Morgan fingerprint density at radius 1 is 1.24 bits per heavy atom. The second kappa shape index (κ2) is 8.59. The Morgan fingerprint density at radius 2 is 2.07 bits per heavy atom. The Balaban J connectivity index is 1.37. The van der Waals surface area contributed by atoms with Gasteiger partial charge in [0.25, 0.3) is 0 Å². The minimum Gasteiger partial charge on any atom is -0.481 e. The largest absolute Gasteiger partial charge is 0.481 e. The van der Waals surface area contributed by atoms with Crippen LogP contribution >= 0.6 is 0 Å². The number of aliphatic hydroxyl groups excluding tert-OH is 2. The Kier molecular flexibility index (Phi) is 5.92. The van der Waals surface area contributed by atoms with Crippen molar-refractivity contribution in [1.82, 2.24) is 0 Å². The Morgan fingerprint density at radius 3 is 2.90 bits per heavy atom. The SMILES string of the molecule is O=C(O)CCC/C=C1\CC2C[C@@H](O)[C@H](/C=C/[C@@H](O)c3ccc4c(c3)OCO4)C2C1. The summed E-state index contributed by atoms with van der Waals surface area (Å²) >= 11 is 0. The van der Waals surface area contributed by atoms with E-state index in [1.165, 1.54) is 5.57 Å². The van der Waals surface area contributed by atoms with Gasteiger partial charge >= 0.3 is 5.97 Å². The first kappa shape index (κ1) is 20.0. The maximum absolute atomic E-state index is 10.6. The lowest BCUT2D eigenvalue weighted by Gasteiger charge is -2.18. The number of unbranched alkanes of at least 4 members (excludes halogenated alkanes) is 1. The van der Waals surface area contributed by atoms with Gasteiger partial charge in [-0.3, -0.25) is 4.79 Å². The third-order valence-electron chi connectivity index (χ3n) is 6.39. The maximum Gasteiger partial charge on any atom is 0.303 e. The van der Waals surface area contributed by atoms with E-state index in [0.29, 0.717) is 29.8 Å². The summed E-state index contributed by atoms with van der Waals surface area (Å²) in [6.07, 6.45) is 9.19. The number of benzene rings is 1. The fourth-order valence-corrected chi connectivity index (χ4v) is 4.94. The van der Waals surface area contributed by atoms with Crippen LogP contribution < -0.4 is 9.47 Å². The van der Waals surface area contributed by atoms with Crippen LogP contribution in [0.4, 0.5) is 0 Å². The highest BCUT2D eigenvalue weighted by atomic mass is 16.7. The molecule has 0 aromatic heterocycles. The summed E-state index contributed by atoms with van der Waals surface area (Å²) in [7, 11) is 0. The number of ether oxygens (including phenoxy) is 2. The minimum absolute atomic E-state index is 0.0357. The van der Waals surface area contributed by atoms with E-state index in [-0.39, 0.29) is 25.2 Å². The Bertz CT molecular complexity index is 814. The molecular weight excluding hydrogens is 372 g/mol. The van der Waals surface area contributed by atoms with Crippen LogP contribution in [-0.4, -0.2) is 34.2 Å². The van der Waals surface area contributed by atoms with Crippen molar-refractivity contribution in [1.29, 1.82) is 0 Å². The van der Waals surface area contributed by atoms with E-state index in [2.05, 4.69) is 6.08 Å². The minimum atomic E-state index is -0.761. The van der Waals surface area contributed by atoms with E-state index in [1.807, 2.05) is 12.1 Å². The molecule has 1 aromatic carbocycles. The number of aliphatic carboxylic acids is 1. The predicted molar refractivity (Wildman–Crippen MR) is 107 cm³/mol. The summed E-state index contributed by atoms with van der Waals surface area (Å²) in [5, 5.41) is 29.8. The summed E-state index contributed by atoms with van der Waals surface area (Å²) in [4.78, 5) is 10.6. The van der Waals surface area contributed by atoms with E-state index >= 15 is 0 Å². The zero-order valence-corrected chi connectivity index (χ0v) is 16.4. The van der Waals surface area contributed by atoms with Crippen molar-refractivity contribution in [3.8, 4) is 11.5 Å². The molecule has 2 saturated carbocycles. The molecule has 1 aliphatic heterocycles. The second-order valence-electron chi connectivity index (χ2n) is 8.30. The van der Waals surface area contributed by atoms with Gasteiger partial charge in [-0.2, -0.15) is 0 Å². The smallest absolute Gasteiger partial charge is 0.303 e. The number of fused-ring (bicyclic) bond motifs is 2. The second-order valence-corrected chi connectivity index (χ2v) is 8.30. The Hall–Kier alpha value is -2.31. The maximum atomic E-state index is 10.6. The number of rotatable bonds is 7. The van der Waals surface area contributed by atoms with Crippen LogP contribution in [0.2, 0.25) is 0 Å². The molecule has 156 valence electrons. The molecule has 0 saturated heterocycles. The Labute approximate surface area is 170 Å². The number of carboxylic acids is 1. The van der Waals surface area contributed by atoms with E-state index in [4.69, 9.17) is 14.6 Å². The van der Waals surface area contributed by atoms with Crippen LogP contribution in [0.3, 0.4) is 0 Å². The topological polar surface area (TPSA) is 96.2 Å². The fraction of sp³-hybridized carbons (Fsp3) is 0.522. The first-order valence-electron chi connectivity index (χ1n) is 10.3. The van der Waals surface area contributed by atoms with Gasteiger partial charge < -0.3 is 24.8 Å². The van der Waals surface area contributed by atoms with Gasteiger partial charge in [0.2, 0.25) is 6.79 Å². The lowest BCUT2D eigenvalue weighted by atomic mass is 9.90. The van der Waals surface area contributed by atoms with Crippen LogP contribution in [0.5, 0.6) is 11.5 Å². The molecular formula is C23H28O6. The summed E-state index contributed by atoms with van der Waals surface area (Å²) in [6.45, 7) is 0.203. The van der Waals surface area contributed by atoms with Crippen LogP contribution in [0.15, 0.2) is 42.0 Å². The average molecular weight is 400 g/mol. The first-order chi connectivity index (χ1) is 14.0. The standard InChI is InChI=1S/C23H28O6/c24-19(15-5-8-21-22(12-15)29-13-28-21)7-6-17-18-10-14(3-1-2-4-23(26)27)9-16(18)11-20(17)25/h3,5-8,12,16-20,24-25H,1-2,4,9-11,13H2,(H,26,27)/b7-6+,14-3+/t16?,17-,18?,19-,20-/m1/s1. The zero-order valence-electron chi connectivity index (χ0n) is 16.4. The molecule has 4 rings (SSSR count). The van der Waals surface area contributed by atoms with Crippen molar-refractivity contribution in [3.05, 3.63) is 47.6 Å². The van der Waals surface area contributed by atoms with E-state index < -0.39 is 12.1 Å². The van der Waals surface area contributed by atoms with E-state index in [9.17, 15) is 15.0 Å². The van der Waals surface area contributed by atoms with Crippen molar-refractivity contribution in [2.24, 2.45) is 17.8 Å². The van der Waals surface area contributed by atoms with Crippen molar-refractivity contribution < 1.29 is 29.6 Å². The lowest BCUT2D eigenvalue weighted by molar-refractivity contribution is -0.137. The summed E-state index contributed by atoms with van der Waals surface area (Å²) in [6, 6.07) is 5.41. The van der Waals surface area contributed by atoms with Crippen molar-refractivity contribution in [2.45, 2.75) is 50.7 Å². The third-order valence-corrected chi connectivity index (χ3v) is 6.39. The molecule has 6 nitrogen and oxygen atoms in total. The molecule has 2 aliphatic carbocycles. The highest BCUT2D eigenvalue weighted by molar-refractivity contribution is 5.66. The molecule has 2 unspecified atom stereocenters. The van der Waals surface area contributed by atoms with Crippen molar-refractivity contribution in [3.63, 3.8) is 0 Å². The van der Waals surface area contributed by atoms with Gasteiger partial charge in [-0.05, 0) is 61.6 Å². The highest BCUT2D eigenvalue weighted by Gasteiger charge is 2.44. The summed E-state index contributed by atoms with van der Waals surface area (Å²) in [5.74, 6) is 1.47. The molecule has 5 atom stereocenters. The number of carboxylic acid groups (broad SMARTS) is 1. The van der Waals surface area contributed by atoms with Crippen molar-refractivity contribution in [2.75, 3.05) is 6.79 Å². The van der Waals surface area contributed by atoms with Crippen LogP contribution in [-0.2, 0) is 4.79 Å². The first-order valence-corrected chi connectivity index (χ1v) is 10.3. The molecule has 1 heterocycles.